The predicted octanol–water partition coefficient (Wildman–Crippen LogP) is 7.51. The molecule has 1 aliphatic carbocycles. The van der Waals surface area contributed by atoms with Crippen LogP contribution in [-0.2, 0) is 6.42 Å². The third-order valence-electron chi connectivity index (χ3n) is 6.84. The van der Waals surface area contributed by atoms with Gasteiger partial charge in [0, 0.05) is 23.5 Å². The fraction of sp³-hybridized carbons (Fsp3) is 0.607. The summed E-state index contributed by atoms with van der Waals surface area (Å²) in [4.78, 5) is 8.84. The molecule has 3 rings (SSSR count). The molecule has 0 atom stereocenters. The van der Waals surface area contributed by atoms with Crippen molar-refractivity contribution in [3.8, 4) is 23.2 Å². The van der Waals surface area contributed by atoms with Gasteiger partial charge in [0.2, 0.25) is 0 Å². The lowest BCUT2D eigenvalue weighted by atomic mass is 9.80. The van der Waals surface area contributed by atoms with Gasteiger partial charge >= 0.3 is 6.01 Å². The largest absolute Gasteiger partial charge is 0.463 e. The molecule has 0 aliphatic heterocycles. The highest BCUT2D eigenvalue weighted by Crippen LogP contribution is 2.32. The van der Waals surface area contributed by atoms with Crippen molar-refractivity contribution in [2.45, 2.75) is 90.9 Å². The van der Waals surface area contributed by atoms with Crippen LogP contribution in [0.15, 0.2) is 30.6 Å². The predicted molar refractivity (Wildman–Crippen MR) is 130 cm³/mol. The lowest BCUT2D eigenvalue weighted by molar-refractivity contribution is 0.169. The van der Waals surface area contributed by atoms with E-state index in [1.54, 1.807) is 12.4 Å². The maximum atomic E-state index is 9.62. The summed E-state index contributed by atoms with van der Waals surface area (Å²) in [7, 11) is 0. The van der Waals surface area contributed by atoms with Crippen molar-refractivity contribution in [1.29, 1.82) is 5.26 Å². The van der Waals surface area contributed by atoms with Crippen LogP contribution in [0.1, 0.15) is 95.6 Å². The number of unbranched alkanes of at least 4 members (excludes halogenated alkanes) is 4. The van der Waals surface area contributed by atoms with Gasteiger partial charge in [0.05, 0.1) is 18.2 Å². The molecule has 4 heteroatoms. The normalized spacial score (nSPS) is 18.3. The molecule has 4 nitrogen and oxygen atoms in total. The summed E-state index contributed by atoms with van der Waals surface area (Å²) >= 11 is 0. The van der Waals surface area contributed by atoms with Gasteiger partial charge in [-0.15, -0.1) is 0 Å². The summed E-state index contributed by atoms with van der Waals surface area (Å²) in [6.07, 6.45) is 18.8. The number of aromatic nitrogens is 2. The van der Waals surface area contributed by atoms with Crippen LogP contribution in [0.3, 0.4) is 0 Å². The van der Waals surface area contributed by atoms with Crippen molar-refractivity contribution in [2.24, 2.45) is 11.8 Å². The Balaban J connectivity index is 1.50. The number of hydrogen-bond acceptors (Lipinski definition) is 4. The van der Waals surface area contributed by atoms with Crippen LogP contribution in [-0.4, -0.2) is 16.6 Å². The Labute approximate surface area is 194 Å². The van der Waals surface area contributed by atoms with Gasteiger partial charge in [-0.1, -0.05) is 77.3 Å². The van der Waals surface area contributed by atoms with Crippen LogP contribution < -0.4 is 4.74 Å². The highest BCUT2D eigenvalue weighted by atomic mass is 16.5. The number of aryl methyl sites for hydroxylation is 1. The van der Waals surface area contributed by atoms with E-state index in [0.29, 0.717) is 24.1 Å². The van der Waals surface area contributed by atoms with Gasteiger partial charge in [0.25, 0.3) is 0 Å². The molecule has 1 fully saturated rings. The minimum atomic E-state index is 0.438. The van der Waals surface area contributed by atoms with Gasteiger partial charge in [-0.2, -0.15) is 5.26 Å². The lowest BCUT2D eigenvalue weighted by Crippen LogP contribution is -2.20. The van der Waals surface area contributed by atoms with Gasteiger partial charge < -0.3 is 4.74 Å². The molecular weight excluding hydrogens is 394 g/mol. The zero-order chi connectivity index (χ0) is 22.6. The topological polar surface area (TPSA) is 58.8 Å². The van der Waals surface area contributed by atoms with E-state index in [4.69, 9.17) is 4.74 Å². The van der Waals surface area contributed by atoms with Gasteiger partial charge in [0.15, 0.2) is 0 Å². The number of rotatable bonds is 12. The second-order valence-electron chi connectivity index (χ2n) is 9.40. The smallest absolute Gasteiger partial charge is 0.316 e. The minimum Gasteiger partial charge on any atom is -0.463 e. The first-order valence-electron chi connectivity index (χ1n) is 12.7. The van der Waals surface area contributed by atoms with Gasteiger partial charge in [-0.25, -0.2) is 9.97 Å². The highest BCUT2D eigenvalue weighted by molar-refractivity contribution is 5.69. The summed E-state index contributed by atoms with van der Waals surface area (Å²) in [6, 6.07) is 8.93. The maximum Gasteiger partial charge on any atom is 0.316 e. The fourth-order valence-corrected chi connectivity index (χ4v) is 4.76. The van der Waals surface area contributed by atoms with E-state index >= 15 is 0 Å². The maximum absolute atomic E-state index is 9.62. The van der Waals surface area contributed by atoms with E-state index in [2.05, 4.69) is 36.0 Å². The van der Waals surface area contributed by atoms with E-state index < -0.39 is 0 Å². The summed E-state index contributed by atoms with van der Waals surface area (Å²) < 4.78 is 5.91. The van der Waals surface area contributed by atoms with E-state index in [1.165, 1.54) is 69.8 Å². The zero-order valence-corrected chi connectivity index (χ0v) is 20.0. The van der Waals surface area contributed by atoms with Crippen molar-refractivity contribution < 1.29 is 4.74 Å². The van der Waals surface area contributed by atoms with Crippen molar-refractivity contribution >= 4 is 0 Å². The van der Waals surface area contributed by atoms with Crippen LogP contribution in [0.25, 0.3) is 11.1 Å². The van der Waals surface area contributed by atoms with E-state index in [-0.39, 0.29) is 0 Å². The van der Waals surface area contributed by atoms with Crippen molar-refractivity contribution in [1.82, 2.24) is 9.97 Å². The Bertz CT molecular complexity index is 848. The average Bonchev–Trinajstić information content (AvgIpc) is 2.84. The van der Waals surface area contributed by atoms with Crippen LogP contribution in [0.2, 0.25) is 0 Å². The second kappa shape index (κ2) is 13.2. The van der Waals surface area contributed by atoms with Crippen LogP contribution in [0.4, 0.5) is 0 Å². The molecule has 1 aromatic carbocycles. The SMILES string of the molecule is CCCCCc1ccc(-c2cnc(OC[C@H]3CC[C@H](CCCCC)CC3)nc2)c(C#N)c1. The van der Waals surface area contributed by atoms with Crippen molar-refractivity contribution in [2.75, 3.05) is 6.61 Å². The molecule has 1 saturated carbocycles. The molecule has 0 bridgehead atoms. The summed E-state index contributed by atoms with van der Waals surface area (Å²) in [5.74, 6) is 1.53. The summed E-state index contributed by atoms with van der Waals surface area (Å²) in [5.41, 5.74) is 3.66. The monoisotopic (exact) mass is 433 g/mol. The Kier molecular flexibility index (Phi) is 10.0. The average molecular weight is 434 g/mol. The molecule has 1 heterocycles. The molecule has 0 spiro atoms. The highest BCUT2D eigenvalue weighted by Gasteiger charge is 2.21. The standard InChI is InChI=1S/C28H39N3O/c1-3-5-7-9-22-11-13-24(14-12-22)21-32-28-30-19-26(20-31-28)27-16-15-23(10-8-6-4-2)17-25(27)18-29/h15-17,19-20,22,24H,3-14,21H2,1-2H3/t22-,24-. The number of nitrogens with zero attached hydrogens (tertiary/aromatic N) is 3. The number of nitriles is 1. The van der Waals surface area contributed by atoms with Gasteiger partial charge in [-0.3, -0.25) is 0 Å². The summed E-state index contributed by atoms with van der Waals surface area (Å²) in [6.45, 7) is 5.19. The molecule has 2 aromatic rings. The van der Waals surface area contributed by atoms with E-state index in [1.807, 2.05) is 12.1 Å². The first kappa shape index (κ1) is 24.2. The fourth-order valence-electron chi connectivity index (χ4n) is 4.76. The number of hydrogen-bond donors (Lipinski definition) is 0. The van der Waals surface area contributed by atoms with Gasteiger partial charge in [0.1, 0.15) is 0 Å². The van der Waals surface area contributed by atoms with E-state index in [0.717, 1.165) is 29.9 Å². The molecular formula is C28H39N3O. The van der Waals surface area contributed by atoms with Gasteiger partial charge in [-0.05, 0) is 49.1 Å². The van der Waals surface area contributed by atoms with Crippen molar-refractivity contribution in [3.05, 3.63) is 41.7 Å². The quantitative estimate of drug-likeness (QED) is 0.325. The Hall–Kier alpha value is -2.41. The Morgan fingerprint density at radius 2 is 1.62 bits per heavy atom. The number of ether oxygens (including phenoxy) is 1. The molecule has 1 aromatic heterocycles. The van der Waals surface area contributed by atoms with Crippen LogP contribution in [0.5, 0.6) is 6.01 Å². The molecule has 172 valence electrons. The first-order valence-corrected chi connectivity index (χ1v) is 12.7. The Morgan fingerprint density at radius 1 is 0.938 bits per heavy atom. The number of benzene rings is 1. The first-order chi connectivity index (χ1) is 15.7. The zero-order valence-electron chi connectivity index (χ0n) is 20.0. The van der Waals surface area contributed by atoms with Crippen LogP contribution >= 0.6 is 0 Å². The lowest BCUT2D eigenvalue weighted by Gasteiger charge is -2.28. The second-order valence-corrected chi connectivity index (χ2v) is 9.40. The van der Waals surface area contributed by atoms with Crippen LogP contribution in [0, 0.1) is 23.2 Å². The molecule has 0 saturated heterocycles. The third kappa shape index (κ3) is 7.33. The van der Waals surface area contributed by atoms with Crippen molar-refractivity contribution in [3.63, 3.8) is 0 Å². The van der Waals surface area contributed by atoms with E-state index in [9.17, 15) is 5.26 Å². The minimum absolute atomic E-state index is 0.438. The summed E-state index contributed by atoms with van der Waals surface area (Å²) in [5, 5.41) is 9.62. The molecule has 0 radical (unpaired) electrons. The molecule has 0 N–H and O–H groups in total. The third-order valence-corrected chi connectivity index (χ3v) is 6.84. The molecule has 0 amide bonds. The molecule has 0 unspecified atom stereocenters. The molecule has 32 heavy (non-hydrogen) atoms. The molecule has 1 aliphatic rings. The Morgan fingerprint density at radius 3 is 2.31 bits per heavy atom.